The van der Waals surface area contributed by atoms with E-state index in [-0.39, 0.29) is 24.2 Å². The van der Waals surface area contributed by atoms with Crippen LogP contribution >= 0.6 is 11.6 Å². The summed E-state index contributed by atoms with van der Waals surface area (Å²) < 4.78 is 14.4. The molecule has 0 spiro atoms. The molecule has 4 N–H and O–H groups in total. The van der Waals surface area contributed by atoms with E-state index in [4.69, 9.17) is 11.6 Å². The van der Waals surface area contributed by atoms with Gasteiger partial charge < -0.3 is 20.7 Å². The number of hydrogen-bond acceptors (Lipinski definition) is 6. The van der Waals surface area contributed by atoms with Gasteiger partial charge in [0.05, 0.1) is 23.2 Å². The van der Waals surface area contributed by atoms with E-state index in [0.717, 1.165) is 24.4 Å². The van der Waals surface area contributed by atoms with Crippen LogP contribution in [-0.4, -0.2) is 49.6 Å². The number of aliphatic hydroxyl groups is 1. The van der Waals surface area contributed by atoms with Crippen LogP contribution in [0, 0.1) is 5.82 Å². The fourth-order valence-corrected chi connectivity index (χ4v) is 4.12. The van der Waals surface area contributed by atoms with Crippen LogP contribution in [0.3, 0.4) is 0 Å². The number of hydrogen-bond donors (Lipinski definition) is 4. The summed E-state index contributed by atoms with van der Waals surface area (Å²) >= 11 is 6.05. The van der Waals surface area contributed by atoms with Crippen molar-refractivity contribution in [3.05, 3.63) is 35.5 Å². The molecule has 158 valence electrons. The number of rotatable bonds is 5. The van der Waals surface area contributed by atoms with Gasteiger partial charge in [-0.1, -0.05) is 11.6 Å². The zero-order valence-corrected chi connectivity index (χ0v) is 17.1. The number of amides is 1. The second-order valence-electron chi connectivity index (χ2n) is 7.65. The Morgan fingerprint density at radius 2 is 2.27 bits per heavy atom. The Bertz CT molecular complexity index is 1090. The van der Waals surface area contributed by atoms with Crippen molar-refractivity contribution in [3.8, 4) is 11.4 Å². The number of fused-ring (bicyclic) bond motifs is 1. The summed E-state index contributed by atoms with van der Waals surface area (Å²) in [5.74, 6) is -0.431. The van der Waals surface area contributed by atoms with E-state index in [1.165, 1.54) is 13.2 Å². The number of anilines is 1. The number of aromatic nitrogens is 4. The zero-order valence-electron chi connectivity index (χ0n) is 16.4. The number of halogens is 2. The first-order valence-electron chi connectivity index (χ1n) is 9.72. The van der Waals surface area contributed by atoms with Crippen LogP contribution in [0.15, 0.2) is 24.7 Å². The molecular formula is C20H22ClFN6O2. The van der Waals surface area contributed by atoms with Crippen LogP contribution in [0.2, 0.25) is 5.02 Å². The standard InChI is InChI=1S/C20H22ClFN6O2/c1-23-16(29)7-20(30)4-2-3-12(6-20)27-19-15(22)10-26-18(28-19)14-9-25-17-13(14)5-11(21)8-24-17/h5,8-10,12,30H,2-4,6-7H2,1H3,(H,23,29)(H,24,25)(H,26,27,28)/t12-,20+/m0/s1. The van der Waals surface area contributed by atoms with Gasteiger partial charge in [-0.2, -0.15) is 0 Å². The van der Waals surface area contributed by atoms with Crippen LogP contribution in [-0.2, 0) is 4.79 Å². The zero-order chi connectivity index (χ0) is 21.3. The largest absolute Gasteiger partial charge is 0.389 e. The lowest BCUT2D eigenvalue weighted by Gasteiger charge is -2.36. The van der Waals surface area contributed by atoms with Gasteiger partial charge in [-0.3, -0.25) is 4.79 Å². The molecule has 0 aromatic carbocycles. The molecule has 1 aliphatic carbocycles. The van der Waals surface area contributed by atoms with Crippen LogP contribution in [0.25, 0.3) is 22.4 Å². The van der Waals surface area contributed by atoms with E-state index in [1.54, 1.807) is 12.3 Å². The first-order valence-corrected chi connectivity index (χ1v) is 10.1. The van der Waals surface area contributed by atoms with Gasteiger partial charge in [-0.05, 0) is 31.7 Å². The molecule has 1 fully saturated rings. The van der Waals surface area contributed by atoms with E-state index in [0.29, 0.717) is 34.9 Å². The topological polar surface area (TPSA) is 116 Å². The third-order valence-electron chi connectivity index (χ3n) is 5.41. The SMILES string of the molecule is CNC(=O)C[C@@]1(O)CCC[C@H](Nc2nc(-c3c[nH]c4ncc(Cl)cc34)ncc2F)C1. The van der Waals surface area contributed by atoms with Crippen LogP contribution in [0.5, 0.6) is 0 Å². The van der Waals surface area contributed by atoms with E-state index >= 15 is 0 Å². The van der Waals surface area contributed by atoms with Crippen molar-refractivity contribution in [1.82, 2.24) is 25.3 Å². The third kappa shape index (κ3) is 4.22. The number of H-pyrrole nitrogens is 1. The number of nitrogens with one attached hydrogen (secondary N) is 3. The monoisotopic (exact) mass is 432 g/mol. The molecule has 0 radical (unpaired) electrons. The molecule has 30 heavy (non-hydrogen) atoms. The van der Waals surface area contributed by atoms with Gasteiger partial charge in [-0.15, -0.1) is 0 Å². The summed E-state index contributed by atoms with van der Waals surface area (Å²) in [6, 6.07) is 1.53. The number of pyridine rings is 1. The van der Waals surface area contributed by atoms with Gasteiger partial charge in [0, 0.05) is 36.4 Å². The van der Waals surface area contributed by atoms with E-state index < -0.39 is 11.4 Å². The molecule has 0 aliphatic heterocycles. The lowest BCUT2D eigenvalue weighted by Crippen LogP contribution is -2.43. The Balaban J connectivity index is 1.58. The molecule has 3 heterocycles. The number of carbonyl (C=O) groups excluding carboxylic acids is 1. The maximum Gasteiger partial charge on any atom is 0.222 e. The minimum atomic E-state index is -1.12. The first-order chi connectivity index (χ1) is 14.4. The Hall–Kier alpha value is -2.78. The Kier molecular flexibility index (Phi) is 5.57. The van der Waals surface area contributed by atoms with Gasteiger partial charge in [0.1, 0.15) is 5.65 Å². The van der Waals surface area contributed by atoms with Crippen LogP contribution in [0.1, 0.15) is 32.1 Å². The average Bonchev–Trinajstić information content (AvgIpc) is 3.12. The van der Waals surface area contributed by atoms with E-state index in [9.17, 15) is 14.3 Å². The number of carbonyl (C=O) groups is 1. The van der Waals surface area contributed by atoms with E-state index in [1.807, 2.05) is 0 Å². The smallest absolute Gasteiger partial charge is 0.222 e. The fraction of sp³-hybridized carbons (Fsp3) is 0.400. The van der Waals surface area contributed by atoms with Gasteiger partial charge >= 0.3 is 0 Å². The summed E-state index contributed by atoms with van der Waals surface area (Å²) in [4.78, 5) is 27.4. The highest BCUT2D eigenvalue weighted by molar-refractivity contribution is 6.31. The van der Waals surface area contributed by atoms with Crippen molar-refractivity contribution in [2.24, 2.45) is 0 Å². The molecule has 2 atom stereocenters. The predicted octanol–water partition coefficient (Wildman–Crippen LogP) is 3.03. The van der Waals surface area contributed by atoms with Crippen molar-refractivity contribution >= 4 is 34.4 Å². The first kappa shape index (κ1) is 20.5. The molecular weight excluding hydrogens is 411 g/mol. The Morgan fingerprint density at radius 3 is 3.07 bits per heavy atom. The van der Waals surface area contributed by atoms with Crippen molar-refractivity contribution in [2.45, 2.75) is 43.7 Å². The van der Waals surface area contributed by atoms with Crippen molar-refractivity contribution < 1.29 is 14.3 Å². The average molecular weight is 433 g/mol. The highest BCUT2D eigenvalue weighted by atomic mass is 35.5. The molecule has 0 unspecified atom stereocenters. The Morgan fingerprint density at radius 1 is 1.43 bits per heavy atom. The minimum absolute atomic E-state index is 0.0162. The van der Waals surface area contributed by atoms with E-state index in [2.05, 4.69) is 30.6 Å². The normalized spacial score (nSPS) is 21.5. The highest BCUT2D eigenvalue weighted by Crippen LogP contribution is 2.33. The second-order valence-corrected chi connectivity index (χ2v) is 8.09. The minimum Gasteiger partial charge on any atom is -0.389 e. The molecule has 0 bridgehead atoms. The molecule has 3 aromatic heterocycles. The van der Waals surface area contributed by atoms with Gasteiger partial charge in [0.25, 0.3) is 0 Å². The summed E-state index contributed by atoms with van der Waals surface area (Å²) in [7, 11) is 1.54. The maximum atomic E-state index is 14.4. The summed E-state index contributed by atoms with van der Waals surface area (Å²) in [5.41, 5.74) is 0.160. The highest BCUT2D eigenvalue weighted by Gasteiger charge is 2.36. The quantitative estimate of drug-likeness (QED) is 0.492. The van der Waals surface area contributed by atoms with Crippen LogP contribution in [0.4, 0.5) is 10.2 Å². The van der Waals surface area contributed by atoms with Gasteiger partial charge in [0.2, 0.25) is 5.91 Å². The second kappa shape index (κ2) is 8.16. The molecule has 8 nitrogen and oxygen atoms in total. The lowest BCUT2D eigenvalue weighted by atomic mass is 9.79. The lowest BCUT2D eigenvalue weighted by molar-refractivity contribution is -0.127. The summed E-state index contributed by atoms with van der Waals surface area (Å²) in [6.45, 7) is 0. The fourth-order valence-electron chi connectivity index (χ4n) is 3.97. The molecule has 4 rings (SSSR count). The summed E-state index contributed by atoms with van der Waals surface area (Å²) in [6.07, 6.45) is 6.67. The molecule has 3 aromatic rings. The number of aromatic amines is 1. The Labute approximate surface area is 177 Å². The van der Waals surface area contributed by atoms with Gasteiger partial charge in [0.15, 0.2) is 17.5 Å². The third-order valence-corrected chi connectivity index (χ3v) is 5.62. The molecule has 10 heteroatoms. The molecule has 1 saturated carbocycles. The van der Waals surface area contributed by atoms with Crippen LogP contribution < -0.4 is 10.6 Å². The maximum absolute atomic E-state index is 14.4. The predicted molar refractivity (Wildman–Crippen MR) is 112 cm³/mol. The summed E-state index contributed by atoms with van der Waals surface area (Å²) in [5, 5.41) is 17.6. The molecule has 1 aliphatic rings. The molecule has 0 saturated heterocycles. The van der Waals surface area contributed by atoms with Crippen molar-refractivity contribution in [1.29, 1.82) is 0 Å². The van der Waals surface area contributed by atoms with Crippen molar-refractivity contribution in [2.75, 3.05) is 12.4 Å². The van der Waals surface area contributed by atoms with Crippen molar-refractivity contribution in [3.63, 3.8) is 0 Å². The van der Waals surface area contributed by atoms with Gasteiger partial charge in [-0.25, -0.2) is 19.3 Å². The molecule has 1 amide bonds. The number of nitrogens with zero attached hydrogens (tertiary/aromatic N) is 3.